The summed E-state index contributed by atoms with van der Waals surface area (Å²) >= 11 is 0. The van der Waals surface area contributed by atoms with Gasteiger partial charge >= 0.3 is 0 Å². The van der Waals surface area contributed by atoms with E-state index in [-0.39, 0.29) is 11.8 Å². The zero-order valence-corrected chi connectivity index (χ0v) is 11.4. The summed E-state index contributed by atoms with van der Waals surface area (Å²) in [7, 11) is 1.82. The van der Waals surface area contributed by atoms with Crippen LogP contribution in [0.3, 0.4) is 0 Å². The number of nitrogens with two attached hydrogens (primary N) is 1. The molecule has 6 heteroatoms. The smallest absolute Gasteiger partial charge is 0.239 e. The Morgan fingerprint density at radius 3 is 2.52 bits per heavy atom. The zero-order valence-electron chi connectivity index (χ0n) is 11.4. The molecule has 0 saturated heterocycles. The second kappa shape index (κ2) is 5.34. The molecule has 1 heterocycles. The number of hydrogen-bond acceptors (Lipinski definition) is 5. The lowest BCUT2D eigenvalue weighted by Gasteiger charge is -2.20. The van der Waals surface area contributed by atoms with E-state index in [0.29, 0.717) is 16.7 Å². The topological polar surface area (TPSA) is 67.1 Å². The second-order valence-corrected chi connectivity index (χ2v) is 4.54. The number of nitrogen functional groups attached to an aromatic ring is 1. The van der Waals surface area contributed by atoms with Gasteiger partial charge in [0.1, 0.15) is 11.6 Å². The van der Waals surface area contributed by atoms with Crippen molar-refractivity contribution in [3.63, 3.8) is 0 Å². The number of benzene rings is 2. The van der Waals surface area contributed by atoms with Gasteiger partial charge in [-0.3, -0.25) is 5.43 Å². The first-order chi connectivity index (χ1) is 10.2. The van der Waals surface area contributed by atoms with Gasteiger partial charge in [0.15, 0.2) is 0 Å². The third-order valence-corrected chi connectivity index (χ3v) is 3.24. The van der Waals surface area contributed by atoms with Crippen molar-refractivity contribution in [1.82, 2.24) is 9.97 Å². The molecular weight excluding hydrogens is 269 g/mol. The number of nitrogens with one attached hydrogen (secondary N) is 1. The van der Waals surface area contributed by atoms with Gasteiger partial charge in [-0.15, -0.1) is 0 Å². The molecule has 0 atom stereocenters. The van der Waals surface area contributed by atoms with E-state index < -0.39 is 0 Å². The number of hydrazine groups is 1. The molecule has 0 bridgehead atoms. The lowest BCUT2D eigenvalue weighted by Crippen LogP contribution is -2.16. The first-order valence-electron chi connectivity index (χ1n) is 6.42. The highest BCUT2D eigenvalue weighted by molar-refractivity contribution is 5.92. The van der Waals surface area contributed by atoms with Crippen molar-refractivity contribution in [1.29, 1.82) is 0 Å². The molecule has 106 valence electrons. The highest BCUT2D eigenvalue weighted by Crippen LogP contribution is 2.31. The van der Waals surface area contributed by atoms with E-state index in [2.05, 4.69) is 15.4 Å². The molecule has 0 spiro atoms. The van der Waals surface area contributed by atoms with Crippen LogP contribution < -0.4 is 16.2 Å². The fourth-order valence-electron chi connectivity index (χ4n) is 2.20. The highest BCUT2D eigenvalue weighted by Gasteiger charge is 2.15. The van der Waals surface area contributed by atoms with Crippen LogP contribution in [0.25, 0.3) is 10.9 Å². The van der Waals surface area contributed by atoms with Crippen LogP contribution in [0.4, 0.5) is 21.8 Å². The second-order valence-electron chi connectivity index (χ2n) is 4.54. The van der Waals surface area contributed by atoms with Crippen LogP contribution in [-0.4, -0.2) is 17.0 Å². The van der Waals surface area contributed by atoms with Gasteiger partial charge in [-0.2, -0.15) is 4.98 Å². The lowest BCUT2D eigenvalue weighted by atomic mass is 10.2. The maximum Gasteiger partial charge on any atom is 0.239 e. The predicted octanol–water partition coefficient (Wildman–Crippen LogP) is 2.82. The van der Waals surface area contributed by atoms with Crippen molar-refractivity contribution in [3.8, 4) is 0 Å². The van der Waals surface area contributed by atoms with E-state index in [4.69, 9.17) is 5.84 Å². The minimum absolute atomic E-state index is 0.242. The number of hydrogen-bond donors (Lipinski definition) is 2. The van der Waals surface area contributed by atoms with E-state index in [1.54, 1.807) is 17.0 Å². The summed E-state index contributed by atoms with van der Waals surface area (Å²) in [5, 5.41) is 0.364. The number of rotatable bonds is 3. The molecular formula is C15H14FN5. The predicted molar refractivity (Wildman–Crippen MR) is 81.8 cm³/mol. The molecule has 0 aliphatic heterocycles. The van der Waals surface area contributed by atoms with Crippen LogP contribution in [0.15, 0.2) is 48.5 Å². The number of para-hydroxylation sites is 1. The summed E-state index contributed by atoms with van der Waals surface area (Å²) in [5.41, 5.74) is 3.80. The zero-order chi connectivity index (χ0) is 14.8. The number of anilines is 3. The van der Waals surface area contributed by atoms with Crippen molar-refractivity contribution in [2.45, 2.75) is 0 Å². The Balaban J connectivity index is 2.25. The normalized spacial score (nSPS) is 10.6. The van der Waals surface area contributed by atoms with Crippen LogP contribution in [0.1, 0.15) is 0 Å². The summed E-state index contributed by atoms with van der Waals surface area (Å²) in [6.45, 7) is 0. The molecule has 2 aromatic carbocycles. The summed E-state index contributed by atoms with van der Waals surface area (Å²) in [6, 6.07) is 14.3. The number of aromatic nitrogens is 2. The molecule has 0 fully saturated rings. The lowest BCUT2D eigenvalue weighted by molar-refractivity contribution is 0.639. The maximum atomic E-state index is 14.2. The monoisotopic (exact) mass is 283 g/mol. The molecule has 0 radical (unpaired) electrons. The molecule has 0 amide bonds. The average Bonchev–Trinajstić information content (AvgIpc) is 2.54. The molecule has 0 saturated carbocycles. The van der Waals surface area contributed by atoms with E-state index in [1.165, 1.54) is 6.07 Å². The molecule has 21 heavy (non-hydrogen) atoms. The standard InChI is InChI=1S/C15H14FN5/c1-21(10-6-3-2-4-7-10)14-13-11(16)8-5-9-12(13)18-15(19-14)20-17/h2-9H,17H2,1H3,(H,18,19,20). The van der Waals surface area contributed by atoms with E-state index in [9.17, 15) is 4.39 Å². The Bertz CT molecular complexity index is 776. The summed E-state index contributed by atoms with van der Waals surface area (Å²) in [5.74, 6) is 5.73. The Labute approximate surface area is 121 Å². The van der Waals surface area contributed by atoms with Gasteiger partial charge in [0.05, 0.1) is 10.9 Å². The molecule has 3 aromatic rings. The van der Waals surface area contributed by atoms with Crippen molar-refractivity contribution in [2.75, 3.05) is 17.4 Å². The van der Waals surface area contributed by atoms with Crippen LogP contribution in [-0.2, 0) is 0 Å². The third-order valence-electron chi connectivity index (χ3n) is 3.24. The maximum absolute atomic E-state index is 14.2. The van der Waals surface area contributed by atoms with Gasteiger partial charge in [-0.25, -0.2) is 15.2 Å². The molecule has 1 aromatic heterocycles. The minimum atomic E-state index is -0.367. The van der Waals surface area contributed by atoms with Gasteiger partial charge in [0.25, 0.3) is 0 Å². The van der Waals surface area contributed by atoms with Crippen LogP contribution in [0.2, 0.25) is 0 Å². The van der Waals surface area contributed by atoms with Gasteiger partial charge < -0.3 is 4.90 Å². The van der Waals surface area contributed by atoms with E-state index >= 15 is 0 Å². The first-order valence-corrected chi connectivity index (χ1v) is 6.42. The minimum Gasteiger partial charge on any atom is -0.329 e. The van der Waals surface area contributed by atoms with Gasteiger partial charge in [-0.05, 0) is 24.3 Å². The van der Waals surface area contributed by atoms with Crippen LogP contribution >= 0.6 is 0 Å². The Hall–Kier alpha value is -2.73. The molecule has 3 N–H and O–H groups in total. The molecule has 0 aliphatic rings. The number of fused-ring (bicyclic) bond motifs is 1. The summed E-state index contributed by atoms with van der Waals surface area (Å²) in [6.07, 6.45) is 0. The van der Waals surface area contributed by atoms with Crippen molar-refractivity contribution >= 4 is 28.4 Å². The van der Waals surface area contributed by atoms with Crippen molar-refractivity contribution in [3.05, 3.63) is 54.3 Å². The molecule has 3 rings (SSSR count). The van der Waals surface area contributed by atoms with Gasteiger partial charge in [0.2, 0.25) is 5.95 Å². The Kier molecular flexibility index (Phi) is 3.37. The Morgan fingerprint density at radius 2 is 1.81 bits per heavy atom. The number of nitrogens with zero attached hydrogens (tertiary/aromatic N) is 3. The van der Waals surface area contributed by atoms with Gasteiger partial charge in [0, 0.05) is 12.7 Å². The molecule has 0 unspecified atom stereocenters. The van der Waals surface area contributed by atoms with Crippen LogP contribution in [0.5, 0.6) is 0 Å². The third kappa shape index (κ3) is 2.36. The average molecular weight is 283 g/mol. The summed E-state index contributed by atoms with van der Waals surface area (Å²) < 4.78 is 14.2. The molecule has 0 aliphatic carbocycles. The van der Waals surface area contributed by atoms with Crippen molar-refractivity contribution < 1.29 is 4.39 Å². The number of halogens is 1. The van der Waals surface area contributed by atoms with E-state index in [0.717, 1.165) is 5.69 Å². The molecule has 5 nitrogen and oxygen atoms in total. The quantitative estimate of drug-likeness (QED) is 0.571. The van der Waals surface area contributed by atoms with Crippen LogP contribution in [0, 0.1) is 5.82 Å². The SMILES string of the molecule is CN(c1ccccc1)c1nc(NN)nc2cccc(F)c12. The van der Waals surface area contributed by atoms with Gasteiger partial charge in [-0.1, -0.05) is 24.3 Å². The van der Waals surface area contributed by atoms with Crippen molar-refractivity contribution in [2.24, 2.45) is 5.84 Å². The van der Waals surface area contributed by atoms with E-state index in [1.807, 2.05) is 37.4 Å². The fourth-order valence-corrected chi connectivity index (χ4v) is 2.20. The fraction of sp³-hybridized carbons (Fsp3) is 0.0667. The highest BCUT2D eigenvalue weighted by atomic mass is 19.1. The first kappa shape index (κ1) is 13.3. The Morgan fingerprint density at radius 1 is 1.05 bits per heavy atom. The summed E-state index contributed by atoms with van der Waals surface area (Å²) in [4.78, 5) is 10.3. The largest absolute Gasteiger partial charge is 0.329 e.